The van der Waals surface area contributed by atoms with Crippen molar-refractivity contribution >= 4 is 21.9 Å². The van der Waals surface area contributed by atoms with Crippen molar-refractivity contribution < 1.29 is 32.8 Å². The van der Waals surface area contributed by atoms with Gasteiger partial charge in [-0.3, -0.25) is 4.79 Å². The molecule has 0 aliphatic rings. The van der Waals surface area contributed by atoms with E-state index < -0.39 is 0 Å². The number of methoxy groups -OCH3 is 6. The summed E-state index contributed by atoms with van der Waals surface area (Å²) >= 11 is 0. The second kappa shape index (κ2) is 7.14. The average molecular weight is 376 g/mol. The zero-order chi connectivity index (χ0) is 19.7. The van der Waals surface area contributed by atoms with E-state index in [-0.39, 0.29) is 50.4 Å². The van der Waals surface area contributed by atoms with Crippen LogP contribution in [0.1, 0.15) is 0 Å². The molecule has 0 radical (unpaired) electrons. The number of benzene rings is 2. The Kier molecular flexibility index (Phi) is 4.89. The van der Waals surface area contributed by atoms with Gasteiger partial charge in [0.05, 0.1) is 42.7 Å². The van der Waals surface area contributed by atoms with Gasteiger partial charge in [-0.25, -0.2) is 0 Å². The van der Waals surface area contributed by atoms with Crippen LogP contribution in [0.4, 0.5) is 0 Å². The van der Waals surface area contributed by atoms with E-state index in [1.54, 1.807) is 12.1 Å². The summed E-state index contributed by atoms with van der Waals surface area (Å²) in [6.45, 7) is 0. The molecule has 0 fully saturated rings. The quantitative estimate of drug-likeness (QED) is 0.607. The van der Waals surface area contributed by atoms with Gasteiger partial charge >= 0.3 is 0 Å². The summed E-state index contributed by atoms with van der Waals surface area (Å²) in [5.41, 5.74) is 0.0814. The van der Waals surface area contributed by atoms with E-state index in [1.165, 1.54) is 42.7 Å². The second-order valence-electron chi connectivity index (χ2n) is 5.47. The first-order chi connectivity index (χ1) is 13.1. The topological polar surface area (TPSA) is 85.6 Å². The molecule has 0 aliphatic carbocycles. The number of hydrogen-bond donors (Lipinski definition) is 0. The molecule has 2 aromatic carbocycles. The van der Waals surface area contributed by atoms with Crippen LogP contribution in [0.15, 0.2) is 21.3 Å². The fourth-order valence-electron chi connectivity index (χ4n) is 3.08. The second-order valence-corrected chi connectivity index (χ2v) is 5.47. The Morgan fingerprint density at radius 1 is 0.667 bits per heavy atom. The van der Waals surface area contributed by atoms with Crippen molar-refractivity contribution in [2.24, 2.45) is 0 Å². The highest BCUT2D eigenvalue weighted by atomic mass is 16.5. The van der Waals surface area contributed by atoms with Gasteiger partial charge in [-0.2, -0.15) is 0 Å². The lowest BCUT2D eigenvalue weighted by atomic mass is 10.1. The molecule has 0 amide bonds. The molecule has 0 atom stereocenters. The van der Waals surface area contributed by atoms with E-state index in [0.29, 0.717) is 11.5 Å². The molecule has 0 saturated carbocycles. The molecule has 0 saturated heterocycles. The number of ether oxygens (including phenoxy) is 6. The van der Waals surface area contributed by atoms with Crippen LogP contribution in [0.2, 0.25) is 0 Å². The van der Waals surface area contributed by atoms with E-state index in [9.17, 15) is 4.79 Å². The molecule has 8 heteroatoms. The number of rotatable bonds is 6. The Balaban J connectivity index is 2.65. The van der Waals surface area contributed by atoms with Crippen LogP contribution in [-0.2, 0) is 0 Å². The van der Waals surface area contributed by atoms with Gasteiger partial charge in [-0.15, -0.1) is 0 Å². The summed E-state index contributed by atoms with van der Waals surface area (Å²) in [4.78, 5) is 13.4. The first-order valence-electron chi connectivity index (χ1n) is 7.94. The van der Waals surface area contributed by atoms with Crippen molar-refractivity contribution in [3.05, 3.63) is 22.4 Å². The van der Waals surface area contributed by atoms with Gasteiger partial charge in [-0.05, 0) is 0 Å². The minimum atomic E-state index is -0.359. The predicted molar refractivity (Wildman–Crippen MR) is 99.3 cm³/mol. The molecule has 3 rings (SSSR count). The van der Waals surface area contributed by atoms with Gasteiger partial charge in [-0.1, -0.05) is 0 Å². The fourth-order valence-corrected chi connectivity index (χ4v) is 3.08. The molecule has 144 valence electrons. The molecular weight excluding hydrogens is 356 g/mol. The highest BCUT2D eigenvalue weighted by Crippen LogP contribution is 2.50. The standard InChI is InChI=1S/C19H20O8/c1-21-9-7-10(22-2)12-11(8-9)27-16-13(14(12)20)15(23-3)17(24-4)19(26-6)18(16)25-5/h7-8H,1-6H3. The highest BCUT2D eigenvalue weighted by Gasteiger charge is 2.28. The summed E-state index contributed by atoms with van der Waals surface area (Å²) in [6.07, 6.45) is 0. The molecule has 8 nitrogen and oxygen atoms in total. The SMILES string of the molecule is COc1cc(OC)c2c(=O)c3c(OC)c(OC)c(OC)c(OC)c3oc2c1. The van der Waals surface area contributed by atoms with Crippen LogP contribution < -0.4 is 33.8 Å². The lowest BCUT2D eigenvalue weighted by molar-refractivity contribution is 0.307. The van der Waals surface area contributed by atoms with Crippen molar-refractivity contribution in [1.29, 1.82) is 0 Å². The van der Waals surface area contributed by atoms with E-state index in [0.717, 1.165) is 0 Å². The average Bonchev–Trinajstić information content (AvgIpc) is 2.70. The first-order valence-corrected chi connectivity index (χ1v) is 7.94. The Bertz CT molecular complexity index is 1070. The minimum absolute atomic E-state index is 0.156. The zero-order valence-corrected chi connectivity index (χ0v) is 15.9. The molecule has 1 aromatic heterocycles. The monoisotopic (exact) mass is 376 g/mol. The van der Waals surface area contributed by atoms with Crippen LogP contribution in [0.3, 0.4) is 0 Å². The van der Waals surface area contributed by atoms with Gasteiger partial charge in [0.2, 0.25) is 22.7 Å². The maximum absolute atomic E-state index is 13.4. The van der Waals surface area contributed by atoms with E-state index in [2.05, 4.69) is 0 Å². The van der Waals surface area contributed by atoms with Gasteiger partial charge in [0.15, 0.2) is 11.3 Å². The van der Waals surface area contributed by atoms with Crippen molar-refractivity contribution in [1.82, 2.24) is 0 Å². The van der Waals surface area contributed by atoms with Crippen molar-refractivity contribution in [2.75, 3.05) is 42.7 Å². The van der Waals surface area contributed by atoms with Crippen LogP contribution in [0, 0.1) is 0 Å². The maximum atomic E-state index is 13.4. The molecule has 3 aromatic rings. The maximum Gasteiger partial charge on any atom is 0.211 e. The van der Waals surface area contributed by atoms with Gasteiger partial charge in [0.1, 0.15) is 27.9 Å². The van der Waals surface area contributed by atoms with Crippen LogP contribution in [0.5, 0.6) is 34.5 Å². The third-order valence-corrected chi connectivity index (χ3v) is 4.26. The molecule has 0 bridgehead atoms. The van der Waals surface area contributed by atoms with Crippen LogP contribution >= 0.6 is 0 Å². The van der Waals surface area contributed by atoms with Crippen LogP contribution in [-0.4, -0.2) is 42.7 Å². The van der Waals surface area contributed by atoms with Gasteiger partial charge < -0.3 is 32.8 Å². The third-order valence-electron chi connectivity index (χ3n) is 4.26. The minimum Gasteiger partial charge on any atom is -0.496 e. The summed E-state index contributed by atoms with van der Waals surface area (Å²) < 4.78 is 38.4. The molecule has 0 spiro atoms. The molecule has 0 N–H and O–H groups in total. The number of fused-ring (bicyclic) bond motifs is 2. The molecule has 0 unspecified atom stereocenters. The predicted octanol–water partition coefficient (Wildman–Crippen LogP) is 3.00. The highest BCUT2D eigenvalue weighted by molar-refractivity contribution is 6.01. The van der Waals surface area contributed by atoms with E-state index >= 15 is 0 Å². The number of hydrogen-bond acceptors (Lipinski definition) is 8. The lowest BCUT2D eigenvalue weighted by Gasteiger charge is -2.18. The van der Waals surface area contributed by atoms with Gasteiger partial charge in [0, 0.05) is 12.1 Å². The summed E-state index contributed by atoms with van der Waals surface area (Å²) in [6, 6.07) is 3.21. The smallest absolute Gasteiger partial charge is 0.211 e. The third kappa shape index (κ3) is 2.64. The zero-order valence-electron chi connectivity index (χ0n) is 15.9. The normalized spacial score (nSPS) is 10.7. The van der Waals surface area contributed by atoms with Crippen molar-refractivity contribution in [3.63, 3.8) is 0 Å². The summed E-state index contributed by atoms with van der Waals surface area (Å²) in [5.74, 6) is 1.67. The van der Waals surface area contributed by atoms with E-state index in [4.69, 9.17) is 32.8 Å². The van der Waals surface area contributed by atoms with Crippen molar-refractivity contribution in [2.45, 2.75) is 0 Å². The Morgan fingerprint density at radius 3 is 1.78 bits per heavy atom. The van der Waals surface area contributed by atoms with E-state index in [1.807, 2.05) is 0 Å². The first kappa shape index (κ1) is 18.5. The Hall–Kier alpha value is -3.29. The Morgan fingerprint density at radius 2 is 1.26 bits per heavy atom. The largest absolute Gasteiger partial charge is 0.496 e. The van der Waals surface area contributed by atoms with Crippen LogP contribution in [0.25, 0.3) is 21.9 Å². The van der Waals surface area contributed by atoms with Crippen molar-refractivity contribution in [3.8, 4) is 34.5 Å². The summed E-state index contributed by atoms with van der Waals surface area (Å²) in [5, 5.41) is 0.404. The molecular formula is C19H20O8. The molecule has 27 heavy (non-hydrogen) atoms. The fraction of sp³-hybridized carbons (Fsp3) is 0.316. The van der Waals surface area contributed by atoms with Gasteiger partial charge in [0.25, 0.3) is 0 Å². The Labute approximate surface area is 155 Å². The molecule has 1 heterocycles. The lowest BCUT2D eigenvalue weighted by Crippen LogP contribution is -2.09. The molecule has 0 aliphatic heterocycles. The summed E-state index contributed by atoms with van der Waals surface area (Å²) in [7, 11) is 8.75.